The van der Waals surface area contributed by atoms with Crippen molar-refractivity contribution in [2.45, 2.75) is 90.9 Å². The Morgan fingerprint density at radius 2 is 0.372 bits per heavy atom. The molecule has 0 amide bonds. The van der Waals surface area contributed by atoms with Crippen molar-refractivity contribution in [2.75, 3.05) is 13.2 Å². The molecule has 2 N–H and O–H groups in total. The molecule has 11 aromatic carbocycles. The third-order valence-electron chi connectivity index (χ3n) is 16.7. The van der Waals surface area contributed by atoms with E-state index in [0.29, 0.717) is 13.2 Å². The highest BCUT2D eigenvalue weighted by molar-refractivity contribution is 5.84. The molecule has 0 aliphatic carbocycles. The molecule has 4 nitrogen and oxygen atoms in total. The van der Waals surface area contributed by atoms with Gasteiger partial charge in [0.15, 0.2) is 0 Å². The maximum atomic E-state index is 9.71. The quantitative estimate of drug-likeness (QED) is 0.0531. The van der Waals surface area contributed by atoms with Crippen LogP contribution < -0.4 is 9.47 Å². The second kappa shape index (κ2) is 28.9. The average molecular weight is 1130 g/mol. The van der Waals surface area contributed by atoms with Gasteiger partial charge in [0, 0.05) is 11.1 Å². The van der Waals surface area contributed by atoms with Crippen LogP contribution in [0.1, 0.15) is 90.9 Å². The summed E-state index contributed by atoms with van der Waals surface area (Å²) in [5.41, 5.74) is 22.7. The molecule has 86 heavy (non-hydrogen) atoms. The van der Waals surface area contributed by atoms with Crippen LogP contribution in [0.3, 0.4) is 0 Å². The molecule has 0 radical (unpaired) electrons. The van der Waals surface area contributed by atoms with Gasteiger partial charge in [-0.2, -0.15) is 0 Å². The zero-order valence-electron chi connectivity index (χ0n) is 49.9. The first-order chi connectivity index (χ1) is 42.3. The minimum absolute atomic E-state index is 0.274. The lowest BCUT2D eigenvalue weighted by molar-refractivity contribution is 0.298. The fourth-order valence-electron chi connectivity index (χ4n) is 11.5. The molecule has 0 saturated heterocycles. The molecule has 0 aliphatic heterocycles. The summed E-state index contributed by atoms with van der Waals surface area (Å²) in [6.45, 7) is 5.86. The molecule has 0 bridgehead atoms. The Labute approximate surface area is 510 Å². The lowest BCUT2D eigenvalue weighted by atomic mass is 9.94. The molecule has 0 aromatic heterocycles. The molecular weight excluding hydrogens is 1050 g/mol. The van der Waals surface area contributed by atoms with Crippen LogP contribution >= 0.6 is 0 Å². The Morgan fingerprint density at radius 3 is 0.570 bits per heavy atom. The van der Waals surface area contributed by atoms with Crippen LogP contribution in [0.2, 0.25) is 0 Å². The summed E-state index contributed by atoms with van der Waals surface area (Å²) in [5, 5.41) is 19.4. The van der Waals surface area contributed by atoms with E-state index in [1.165, 1.54) is 107 Å². The third kappa shape index (κ3) is 14.9. The molecule has 0 saturated carbocycles. The number of aromatic hydroxyl groups is 2. The van der Waals surface area contributed by atoms with Crippen LogP contribution in [-0.4, -0.2) is 23.4 Å². The number of phenols is 2. The van der Waals surface area contributed by atoms with E-state index in [1.54, 1.807) is 24.3 Å². The molecule has 0 atom stereocenters. The Balaban J connectivity index is 0.806. The summed E-state index contributed by atoms with van der Waals surface area (Å²) >= 11 is 0. The van der Waals surface area contributed by atoms with Crippen molar-refractivity contribution in [3.63, 3.8) is 0 Å². The monoisotopic (exact) mass is 1130 g/mol. The maximum absolute atomic E-state index is 9.71. The molecule has 430 valence electrons. The lowest BCUT2D eigenvalue weighted by Crippen LogP contribution is -2.03. The predicted molar refractivity (Wildman–Crippen MR) is 362 cm³/mol. The van der Waals surface area contributed by atoms with E-state index < -0.39 is 0 Å². The molecule has 0 heterocycles. The van der Waals surface area contributed by atoms with Gasteiger partial charge >= 0.3 is 0 Å². The molecule has 0 spiro atoms. The summed E-state index contributed by atoms with van der Waals surface area (Å²) in [4.78, 5) is 0. The molecular formula is C82H78O4. The molecule has 0 aliphatic rings. The van der Waals surface area contributed by atoms with Gasteiger partial charge in [-0.25, -0.2) is 0 Å². The van der Waals surface area contributed by atoms with Gasteiger partial charge in [-0.15, -0.1) is 0 Å². The Kier molecular flexibility index (Phi) is 19.7. The van der Waals surface area contributed by atoms with Crippen molar-refractivity contribution in [3.05, 3.63) is 255 Å². The van der Waals surface area contributed by atoms with Gasteiger partial charge in [0.05, 0.1) is 13.2 Å². The first kappa shape index (κ1) is 58.4. The van der Waals surface area contributed by atoms with Gasteiger partial charge in [0.2, 0.25) is 0 Å². The van der Waals surface area contributed by atoms with E-state index in [-0.39, 0.29) is 11.5 Å². The average Bonchev–Trinajstić information content (AvgIpc) is 3.15. The van der Waals surface area contributed by atoms with Gasteiger partial charge in [-0.05, 0) is 149 Å². The molecule has 11 rings (SSSR count). The van der Waals surface area contributed by atoms with Crippen molar-refractivity contribution in [1.82, 2.24) is 0 Å². The third-order valence-corrected chi connectivity index (χ3v) is 16.7. The highest BCUT2D eigenvalue weighted by Gasteiger charge is 2.18. The van der Waals surface area contributed by atoms with Gasteiger partial charge < -0.3 is 19.7 Å². The van der Waals surface area contributed by atoms with Gasteiger partial charge in [-0.3, -0.25) is 0 Å². The van der Waals surface area contributed by atoms with Crippen molar-refractivity contribution < 1.29 is 19.7 Å². The number of hydrogen-bond acceptors (Lipinski definition) is 4. The lowest BCUT2D eigenvalue weighted by Gasteiger charge is -2.19. The minimum atomic E-state index is 0.274. The zero-order chi connectivity index (χ0) is 58.9. The van der Waals surface area contributed by atoms with Crippen LogP contribution in [0.25, 0.3) is 111 Å². The zero-order valence-corrected chi connectivity index (χ0v) is 49.9. The molecule has 11 aromatic rings. The highest BCUT2D eigenvalue weighted by Crippen LogP contribution is 2.43. The van der Waals surface area contributed by atoms with Gasteiger partial charge in [-0.1, -0.05) is 296 Å². The van der Waals surface area contributed by atoms with Crippen LogP contribution in [0, 0.1) is 0 Å². The van der Waals surface area contributed by atoms with Crippen LogP contribution in [-0.2, 0) is 0 Å². The van der Waals surface area contributed by atoms with Gasteiger partial charge in [0.25, 0.3) is 0 Å². The number of unbranched alkanes of at least 4 members (excludes halogenated alkanes) is 10. The first-order valence-corrected chi connectivity index (χ1v) is 31.2. The number of hydrogen-bond donors (Lipinski definition) is 2. The fourth-order valence-corrected chi connectivity index (χ4v) is 11.5. The Hall–Kier alpha value is -9.38. The largest absolute Gasteiger partial charge is 0.508 e. The number of phenolic OH excluding ortho intramolecular Hbond substituents is 2. The molecule has 0 fully saturated rings. The number of benzene rings is 11. The molecule has 4 heteroatoms. The Bertz CT molecular complexity index is 3600. The summed E-state index contributed by atoms with van der Waals surface area (Å²) in [5.74, 6) is 2.31. The second-order valence-electron chi connectivity index (χ2n) is 22.8. The smallest absolute Gasteiger partial charge is 0.128 e. The van der Waals surface area contributed by atoms with Crippen LogP contribution in [0.4, 0.5) is 0 Å². The van der Waals surface area contributed by atoms with Crippen molar-refractivity contribution in [2.24, 2.45) is 0 Å². The highest BCUT2D eigenvalue weighted by atomic mass is 16.5. The normalized spacial score (nSPS) is 11.2. The summed E-state index contributed by atoms with van der Waals surface area (Å²) in [6.07, 6.45) is 14.4. The van der Waals surface area contributed by atoms with Gasteiger partial charge in [0.1, 0.15) is 23.0 Å². The van der Waals surface area contributed by atoms with Crippen molar-refractivity contribution >= 4 is 0 Å². The first-order valence-electron chi connectivity index (χ1n) is 31.2. The number of rotatable bonds is 26. The summed E-state index contributed by atoms with van der Waals surface area (Å²) < 4.78 is 13.7. The maximum Gasteiger partial charge on any atom is 0.128 e. The SMILES string of the molecule is CCCCCCCCOc1cc(-c2ccc(-c3ccc(-c4ccc(-c5ccc(-c6ccc(O)cc6)cc5)cc4)cc3)cc2)c(OCCCCCCCC)cc1-c1ccc(-c2ccc(-c3ccc(-c4ccc(-c5ccc(O)cc5)cc4)cc3)cc2)cc1. The van der Waals surface area contributed by atoms with E-state index in [4.69, 9.17) is 9.47 Å². The minimum Gasteiger partial charge on any atom is -0.508 e. The van der Waals surface area contributed by atoms with Crippen LogP contribution in [0.15, 0.2) is 255 Å². The molecule has 0 unspecified atom stereocenters. The topological polar surface area (TPSA) is 58.9 Å². The van der Waals surface area contributed by atoms with Crippen molar-refractivity contribution in [1.29, 1.82) is 0 Å². The Morgan fingerprint density at radius 1 is 0.209 bits per heavy atom. The standard InChI is InChI=1S/C82H78O4/c1-3-5-7-9-11-13-55-85-81-57-80(76-45-41-72(42-46-76)68-29-25-64(26-30-68)60-17-21-62(22-18-60)66-33-37-70(38-34-66)74-49-53-78(84)54-50-74)82(86-56-14-12-10-8-6-4-2)58-79(81)75-43-39-71(40-44-75)67-27-23-63(24-28-67)59-15-19-61(20-16-59)65-31-35-69(36-32-65)73-47-51-77(83)52-48-73/h15-54,57-58,83-84H,3-14,55-56H2,1-2H3. The van der Waals surface area contributed by atoms with Crippen LogP contribution in [0.5, 0.6) is 23.0 Å². The van der Waals surface area contributed by atoms with E-state index in [1.807, 2.05) is 24.3 Å². The van der Waals surface area contributed by atoms with Crippen molar-refractivity contribution in [3.8, 4) is 134 Å². The predicted octanol–water partition coefficient (Wildman–Crippen LogP) is 23.2. The van der Waals surface area contributed by atoms with E-state index in [9.17, 15) is 10.2 Å². The second-order valence-corrected chi connectivity index (χ2v) is 22.8. The summed E-state index contributed by atoms with van der Waals surface area (Å²) in [6, 6.07) is 89.6. The van der Waals surface area contributed by atoms with E-state index in [2.05, 4.69) is 220 Å². The fraction of sp³-hybridized carbons (Fsp3) is 0.195. The van der Waals surface area contributed by atoms with E-state index in [0.717, 1.165) is 92.8 Å². The number of ether oxygens (including phenoxy) is 2. The summed E-state index contributed by atoms with van der Waals surface area (Å²) in [7, 11) is 0. The van der Waals surface area contributed by atoms with E-state index >= 15 is 0 Å².